The Labute approximate surface area is 169 Å². The van der Waals surface area contributed by atoms with Crippen molar-refractivity contribution in [1.29, 1.82) is 0 Å². The van der Waals surface area contributed by atoms with Gasteiger partial charge < -0.3 is 10.1 Å². The van der Waals surface area contributed by atoms with Gasteiger partial charge in [0.15, 0.2) is 5.82 Å². The summed E-state index contributed by atoms with van der Waals surface area (Å²) >= 11 is 19.1. The summed E-state index contributed by atoms with van der Waals surface area (Å²) in [6.45, 7) is 2.28. The van der Waals surface area contributed by atoms with Crippen molar-refractivity contribution < 1.29 is 9.53 Å². The van der Waals surface area contributed by atoms with E-state index >= 15 is 0 Å². The molecule has 4 nitrogen and oxygen atoms in total. The number of halogens is 3. The van der Waals surface area contributed by atoms with Crippen LogP contribution in [0.2, 0.25) is 15.1 Å². The number of hydrogen-bond acceptors (Lipinski definition) is 4. The molecule has 8 heteroatoms. The number of hydrogen-bond donors (Lipinski definition) is 1. The van der Waals surface area contributed by atoms with Crippen molar-refractivity contribution in [3.05, 3.63) is 73.0 Å². The van der Waals surface area contributed by atoms with E-state index in [1.54, 1.807) is 12.1 Å². The van der Waals surface area contributed by atoms with E-state index in [0.717, 1.165) is 16.9 Å². The van der Waals surface area contributed by atoms with Crippen LogP contribution in [0.1, 0.15) is 20.8 Å². The highest BCUT2D eigenvalue weighted by Crippen LogP contribution is 2.26. The van der Waals surface area contributed by atoms with Gasteiger partial charge in [-0.15, -0.1) is 11.3 Å². The second-order valence-corrected chi connectivity index (χ2v) is 7.65. The first kappa shape index (κ1) is 19.0. The van der Waals surface area contributed by atoms with Gasteiger partial charge >= 0.3 is 0 Å². The third-order valence-electron chi connectivity index (χ3n) is 3.45. The molecule has 3 aromatic rings. The molecule has 0 radical (unpaired) electrons. The summed E-state index contributed by atoms with van der Waals surface area (Å²) in [4.78, 5) is 16.9. The van der Waals surface area contributed by atoms with Crippen LogP contribution in [0.25, 0.3) is 0 Å². The van der Waals surface area contributed by atoms with Gasteiger partial charge in [-0.3, -0.25) is 4.79 Å². The molecule has 1 amide bonds. The Bertz CT molecular complexity index is 959. The maximum absolute atomic E-state index is 12.3. The standard InChI is InChI=1S/C18H13Cl3N2O2S/c1-10-4-12(19)2-3-15(10)25-8-11-5-16(26-9-11)18(24)23-17-14(21)6-13(20)7-22-17/h2-7,9H,8H2,1H3,(H,22,23,24). The van der Waals surface area contributed by atoms with E-state index < -0.39 is 0 Å². The molecule has 0 unspecified atom stereocenters. The summed E-state index contributed by atoms with van der Waals surface area (Å²) in [5, 5.41) is 5.89. The number of carbonyl (C=O) groups is 1. The normalized spacial score (nSPS) is 10.6. The second kappa shape index (κ2) is 8.27. The minimum Gasteiger partial charge on any atom is -0.489 e. The van der Waals surface area contributed by atoms with Gasteiger partial charge in [0.2, 0.25) is 0 Å². The fraction of sp³-hybridized carbons (Fsp3) is 0.111. The number of anilines is 1. The molecule has 1 aromatic carbocycles. The molecular weight excluding hydrogens is 415 g/mol. The number of thiophene rings is 1. The summed E-state index contributed by atoms with van der Waals surface area (Å²) in [6.07, 6.45) is 1.42. The van der Waals surface area contributed by atoms with Crippen molar-refractivity contribution in [3.8, 4) is 5.75 Å². The summed E-state index contributed by atoms with van der Waals surface area (Å²) in [6, 6.07) is 8.74. The highest BCUT2D eigenvalue weighted by molar-refractivity contribution is 7.12. The number of aryl methyl sites for hydroxylation is 1. The zero-order chi connectivity index (χ0) is 18.7. The molecule has 2 aromatic heterocycles. The van der Waals surface area contributed by atoms with Crippen molar-refractivity contribution in [2.45, 2.75) is 13.5 Å². The second-order valence-electron chi connectivity index (χ2n) is 5.46. The van der Waals surface area contributed by atoms with Gasteiger partial charge in [0.1, 0.15) is 12.4 Å². The molecule has 0 fully saturated rings. The lowest BCUT2D eigenvalue weighted by molar-refractivity contribution is 0.103. The van der Waals surface area contributed by atoms with E-state index in [1.165, 1.54) is 23.6 Å². The van der Waals surface area contributed by atoms with Crippen molar-refractivity contribution in [2.24, 2.45) is 0 Å². The van der Waals surface area contributed by atoms with Crippen molar-refractivity contribution >= 4 is 57.9 Å². The van der Waals surface area contributed by atoms with Crippen molar-refractivity contribution in [2.75, 3.05) is 5.32 Å². The summed E-state index contributed by atoms with van der Waals surface area (Å²) in [7, 11) is 0. The van der Waals surface area contributed by atoms with Gasteiger partial charge in [-0.1, -0.05) is 34.8 Å². The lowest BCUT2D eigenvalue weighted by Gasteiger charge is -2.08. The molecule has 0 aliphatic rings. The van der Waals surface area contributed by atoms with Crippen LogP contribution in [0.15, 0.2) is 41.9 Å². The molecule has 3 rings (SSSR count). The molecule has 0 aliphatic heterocycles. The third-order valence-corrected chi connectivity index (χ3v) is 5.16. The van der Waals surface area contributed by atoms with Gasteiger partial charge in [0, 0.05) is 16.8 Å². The fourth-order valence-electron chi connectivity index (χ4n) is 2.18. The Morgan fingerprint density at radius 3 is 2.73 bits per heavy atom. The maximum Gasteiger partial charge on any atom is 0.266 e. The van der Waals surface area contributed by atoms with Crippen molar-refractivity contribution in [1.82, 2.24) is 4.98 Å². The number of nitrogens with zero attached hydrogens (tertiary/aromatic N) is 1. The van der Waals surface area contributed by atoms with E-state index in [0.29, 0.717) is 21.5 Å². The summed E-state index contributed by atoms with van der Waals surface area (Å²) in [5.41, 5.74) is 1.85. The highest BCUT2D eigenvalue weighted by Gasteiger charge is 2.13. The number of carbonyl (C=O) groups excluding carboxylic acids is 1. The van der Waals surface area contributed by atoms with Crippen LogP contribution in [-0.4, -0.2) is 10.9 Å². The fourth-order valence-corrected chi connectivity index (χ4v) is 3.63. The lowest BCUT2D eigenvalue weighted by atomic mass is 10.2. The van der Waals surface area contributed by atoms with Crippen LogP contribution < -0.4 is 10.1 Å². The van der Waals surface area contributed by atoms with Crippen LogP contribution in [0, 0.1) is 6.92 Å². The summed E-state index contributed by atoms with van der Waals surface area (Å²) in [5.74, 6) is 0.730. The lowest BCUT2D eigenvalue weighted by Crippen LogP contribution is -2.11. The van der Waals surface area contributed by atoms with E-state index in [-0.39, 0.29) is 16.7 Å². The Hall–Kier alpha value is -1.79. The van der Waals surface area contributed by atoms with E-state index in [4.69, 9.17) is 39.5 Å². The Morgan fingerprint density at radius 1 is 1.19 bits per heavy atom. The molecule has 0 saturated carbocycles. The largest absolute Gasteiger partial charge is 0.489 e. The number of nitrogens with one attached hydrogen (secondary N) is 1. The van der Waals surface area contributed by atoms with Crippen LogP contribution in [-0.2, 0) is 6.61 Å². The quantitative estimate of drug-likeness (QED) is 0.524. The Kier molecular flexibility index (Phi) is 6.04. The highest BCUT2D eigenvalue weighted by atomic mass is 35.5. The first-order valence-corrected chi connectivity index (χ1v) is 9.52. The Balaban J connectivity index is 1.64. The number of ether oxygens (including phenoxy) is 1. The molecule has 0 bridgehead atoms. The SMILES string of the molecule is Cc1cc(Cl)ccc1OCc1csc(C(=O)Nc2ncc(Cl)cc2Cl)c1. The number of pyridine rings is 1. The van der Waals surface area contributed by atoms with Gasteiger partial charge in [0.25, 0.3) is 5.91 Å². The number of rotatable bonds is 5. The predicted octanol–water partition coefficient (Wildman–Crippen LogP) is 6.24. The van der Waals surface area contributed by atoms with Crippen LogP contribution >= 0.6 is 46.1 Å². The van der Waals surface area contributed by atoms with E-state index in [9.17, 15) is 4.79 Å². The van der Waals surface area contributed by atoms with Gasteiger partial charge in [0.05, 0.1) is 14.9 Å². The van der Waals surface area contributed by atoms with E-state index in [1.807, 2.05) is 24.4 Å². The predicted molar refractivity (Wildman–Crippen MR) is 107 cm³/mol. The monoisotopic (exact) mass is 426 g/mol. The molecule has 134 valence electrons. The zero-order valence-corrected chi connectivity index (χ0v) is 16.6. The number of amides is 1. The van der Waals surface area contributed by atoms with Crippen molar-refractivity contribution in [3.63, 3.8) is 0 Å². The minimum atomic E-state index is -0.291. The Morgan fingerprint density at radius 2 is 2.00 bits per heavy atom. The zero-order valence-electron chi connectivity index (χ0n) is 13.6. The topological polar surface area (TPSA) is 51.2 Å². The molecular formula is C18H13Cl3N2O2S. The molecule has 0 spiro atoms. The van der Waals surface area contributed by atoms with Crippen LogP contribution in [0.4, 0.5) is 5.82 Å². The smallest absolute Gasteiger partial charge is 0.266 e. The minimum absolute atomic E-state index is 0.268. The molecule has 26 heavy (non-hydrogen) atoms. The first-order valence-electron chi connectivity index (χ1n) is 7.51. The maximum atomic E-state index is 12.3. The first-order chi connectivity index (χ1) is 12.4. The molecule has 1 N–H and O–H groups in total. The number of benzene rings is 1. The van der Waals surface area contributed by atoms with Crippen LogP contribution in [0.5, 0.6) is 5.75 Å². The molecule has 0 atom stereocenters. The molecule has 0 saturated heterocycles. The van der Waals surface area contributed by atoms with Crippen LogP contribution in [0.3, 0.4) is 0 Å². The third kappa shape index (κ3) is 4.68. The van der Waals surface area contributed by atoms with Gasteiger partial charge in [-0.05, 0) is 48.2 Å². The van der Waals surface area contributed by atoms with E-state index in [2.05, 4.69) is 10.3 Å². The molecule has 2 heterocycles. The average molecular weight is 428 g/mol. The van der Waals surface area contributed by atoms with Gasteiger partial charge in [-0.25, -0.2) is 4.98 Å². The average Bonchev–Trinajstić information content (AvgIpc) is 3.06. The summed E-state index contributed by atoms with van der Waals surface area (Å²) < 4.78 is 5.79. The van der Waals surface area contributed by atoms with Gasteiger partial charge in [-0.2, -0.15) is 0 Å². The number of aromatic nitrogens is 1. The molecule has 0 aliphatic carbocycles.